The van der Waals surface area contributed by atoms with Gasteiger partial charge in [-0.15, -0.1) is 0 Å². The lowest BCUT2D eigenvalue weighted by atomic mass is 10.0. The molecule has 0 amide bonds. The fraction of sp³-hybridized carbons (Fsp3) is 0.200. The Labute approximate surface area is 101 Å². The zero-order valence-corrected chi connectivity index (χ0v) is 9.89. The van der Waals surface area contributed by atoms with Crippen LogP contribution >= 0.6 is 0 Å². The van der Waals surface area contributed by atoms with Crippen molar-refractivity contribution >= 4 is 0 Å². The lowest BCUT2D eigenvalue weighted by molar-refractivity contribution is 0.318. The molecule has 2 aromatic carbocycles. The maximum Gasteiger partial charge on any atom is 0.130 e. The van der Waals surface area contributed by atoms with Crippen molar-refractivity contribution < 1.29 is 9.84 Å². The fourth-order valence-electron chi connectivity index (χ4n) is 1.82. The first-order valence-electron chi connectivity index (χ1n) is 5.79. The first-order chi connectivity index (χ1) is 8.35. The molecule has 0 aliphatic carbocycles. The van der Waals surface area contributed by atoms with Gasteiger partial charge in [-0.05, 0) is 30.2 Å². The highest BCUT2D eigenvalue weighted by Crippen LogP contribution is 2.35. The van der Waals surface area contributed by atoms with Gasteiger partial charge in [0.1, 0.15) is 11.5 Å². The normalized spacial score (nSPS) is 11.4. The molecule has 17 heavy (non-hydrogen) atoms. The number of aliphatic hydroxyl groups is 1. The van der Waals surface area contributed by atoms with Gasteiger partial charge < -0.3 is 9.84 Å². The Balaban J connectivity index is 0.000000329. The summed E-state index contributed by atoms with van der Waals surface area (Å²) in [7, 11) is 0. The minimum Gasteiger partial charge on any atom is -0.457 e. The summed E-state index contributed by atoms with van der Waals surface area (Å²) in [5, 5.41) is 7.57. The maximum atomic E-state index is 7.57. The third-order valence-corrected chi connectivity index (χ3v) is 2.55. The third-order valence-electron chi connectivity index (χ3n) is 2.55. The number of para-hydroxylation sites is 2. The third kappa shape index (κ3) is 2.66. The summed E-state index contributed by atoms with van der Waals surface area (Å²) < 4.78 is 5.78. The van der Waals surface area contributed by atoms with Crippen LogP contribution in [0.2, 0.25) is 0 Å². The summed E-state index contributed by atoms with van der Waals surface area (Å²) in [6.07, 6.45) is 0.979. The van der Waals surface area contributed by atoms with E-state index in [9.17, 15) is 0 Å². The van der Waals surface area contributed by atoms with Gasteiger partial charge in [0, 0.05) is 13.0 Å². The summed E-state index contributed by atoms with van der Waals surface area (Å²) >= 11 is 0. The molecule has 1 N–H and O–H groups in total. The van der Waals surface area contributed by atoms with Crippen LogP contribution in [0.5, 0.6) is 11.5 Å². The van der Waals surface area contributed by atoms with E-state index < -0.39 is 0 Å². The zero-order valence-electron chi connectivity index (χ0n) is 9.89. The molecule has 0 atom stereocenters. The first-order valence-corrected chi connectivity index (χ1v) is 5.79. The van der Waals surface area contributed by atoms with E-state index in [0.717, 1.165) is 17.9 Å². The largest absolute Gasteiger partial charge is 0.457 e. The smallest absolute Gasteiger partial charge is 0.130 e. The lowest BCUT2D eigenvalue weighted by Crippen LogP contribution is -2.01. The van der Waals surface area contributed by atoms with E-state index in [4.69, 9.17) is 9.84 Å². The molecule has 0 aromatic heterocycles. The number of aliphatic hydroxyl groups excluding tert-OH is 1. The standard InChI is InChI=1S/C13H10O.C2H6O/c1-3-7-12-10(5-1)9-11-6-2-4-8-13(11)14-12;1-2-3/h1-8H,9H2;3H,2H2,1H3. The van der Waals surface area contributed by atoms with E-state index in [1.54, 1.807) is 6.92 Å². The SMILES string of the molecule is CCO.c1ccc2c(c1)Cc1ccccc1O2. The predicted molar refractivity (Wildman–Crippen MR) is 68.5 cm³/mol. The van der Waals surface area contributed by atoms with Crippen LogP contribution in [0.25, 0.3) is 0 Å². The van der Waals surface area contributed by atoms with Gasteiger partial charge in [-0.3, -0.25) is 0 Å². The Bertz CT molecular complexity index is 404. The molecule has 3 rings (SSSR count). The summed E-state index contributed by atoms with van der Waals surface area (Å²) in [5.74, 6) is 1.98. The Morgan fingerprint density at radius 3 is 1.82 bits per heavy atom. The molecule has 0 saturated carbocycles. The van der Waals surface area contributed by atoms with Gasteiger partial charge in [0.05, 0.1) is 0 Å². The summed E-state index contributed by atoms with van der Waals surface area (Å²) in [5.41, 5.74) is 2.54. The molecule has 0 bridgehead atoms. The van der Waals surface area contributed by atoms with Crippen molar-refractivity contribution in [2.45, 2.75) is 13.3 Å². The average Bonchev–Trinajstić information content (AvgIpc) is 2.37. The number of benzene rings is 2. The van der Waals surface area contributed by atoms with Crippen LogP contribution in [0.15, 0.2) is 48.5 Å². The van der Waals surface area contributed by atoms with Crippen LogP contribution < -0.4 is 4.74 Å². The van der Waals surface area contributed by atoms with Gasteiger partial charge in [0.2, 0.25) is 0 Å². The summed E-state index contributed by atoms with van der Waals surface area (Å²) in [4.78, 5) is 0. The number of rotatable bonds is 0. The van der Waals surface area contributed by atoms with Crippen LogP contribution in [0.1, 0.15) is 18.1 Å². The molecule has 2 nitrogen and oxygen atoms in total. The van der Waals surface area contributed by atoms with Crippen molar-refractivity contribution in [3.63, 3.8) is 0 Å². The molecule has 1 heterocycles. The highest BCUT2D eigenvalue weighted by molar-refractivity contribution is 5.49. The molecule has 0 unspecified atom stereocenters. The molecule has 0 spiro atoms. The topological polar surface area (TPSA) is 29.5 Å². The van der Waals surface area contributed by atoms with E-state index >= 15 is 0 Å². The molecule has 1 aliphatic heterocycles. The van der Waals surface area contributed by atoms with Crippen LogP contribution in [0.4, 0.5) is 0 Å². The quantitative estimate of drug-likeness (QED) is 0.639. The van der Waals surface area contributed by atoms with E-state index in [1.165, 1.54) is 11.1 Å². The number of hydrogen-bond donors (Lipinski definition) is 1. The summed E-state index contributed by atoms with van der Waals surface area (Å²) in [6, 6.07) is 16.4. The van der Waals surface area contributed by atoms with Crippen molar-refractivity contribution in [1.82, 2.24) is 0 Å². The molecular formula is C15H16O2. The Kier molecular flexibility index (Phi) is 3.78. The molecule has 1 aliphatic rings. The van der Waals surface area contributed by atoms with Gasteiger partial charge in [-0.1, -0.05) is 36.4 Å². The minimum atomic E-state index is 0.250. The van der Waals surface area contributed by atoms with E-state index in [0.29, 0.717) is 0 Å². The van der Waals surface area contributed by atoms with Gasteiger partial charge in [-0.2, -0.15) is 0 Å². The Morgan fingerprint density at radius 2 is 1.35 bits per heavy atom. The number of fused-ring (bicyclic) bond motifs is 2. The predicted octanol–water partition coefficient (Wildman–Crippen LogP) is 3.38. The molecule has 2 heteroatoms. The van der Waals surface area contributed by atoms with Gasteiger partial charge in [-0.25, -0.2) is 0 Å². The highest BCUT2D eigenvalue weighted by atomic mass is 16.5. The van der Waals surface area contributed by atoms with Crippen molar-refractivity contribution in [2.24, 2.45) is 0 Å². The fourth-order valence-corrected chi connectivity index (χ4v) is 1.82. The van der Waals surface area contributed by atoms with E-state index in [2.05, 4.69) is 24.3 Å². The van der Waals surface area contributed by atoms with Crippen LogP contribution in [-0.4, -0.2) is 11.7 Å². The average molecular weight is 228 g/mol. The van der Waals surface area contributed by atoms with Gasteiger partial charge >= 0.3 is 0 Å². The summed E-state index contributed by atoms with van der Waals surface area (Å²) in [6.45, 7) is 1.93. The first kappa shape index (κ1) is 11.7. The van der Waals surface area contributed by atoms with Gasteiger partial charge in [0.25, 0.3) is 0 Å². The molecule has 88 valence electrons. The number of hydrogen-bond acceptors (Lipinski definition) is 2. The highest BCUT2D eigenvalue weighted by Gasteiger charge is 2.14. The van der Waals surface area contributed by atoms with E-state index in [1.807, 2.05) is 24.3 Å². The lowest BCUT2D eigenvalue weighted by Gasteiger charge is -2.19. The second-order valence-electron chi connectivity index (χ2n) is 3.81. The second-order valence-corrected chi connectivity index (χ2v) is 3.81. The molecule has 0 saturated heterocycles. The molecule has 2 aromatic rings. The van der Waals surface area contributed by atoms with Crippen LogP contribution in [0.3, 0.4) is 0 Å². The van der Waals surface area contributed by atoms with Crippen molar-refractivity contribution in [1.29, 1.82) is 0 Å². The van der Waals surface area contributed by atoms with E-state index in [-0.39, 0.29) is 6.61 Å². The van der Waals surface area contributed by atoms with Crippen molar-refractivity contribution in [3.05, 3.63) is 59.7 Å². The Hall–Kier alpha value is -1.80. The van der Waals surface area contributed by atoms with Crippen molar-refractivity contribution in [3.8, 4) is 11.5 Å². The molecule has 0 radical (unpaired) electrons. The van der Waals surface area contributed by atoms with Crippen LogP contribution in [0, 0.1) is 0 Å². The zero-order chi connectivity index (χ0) is 12.1. The van der Waals surface area contributed by atoms with Crippen LogP contribution in [-0.2, 0) is 6.42 Å². The minimum absolute atomic E-state index is 0.250. The monoisotopic (exact) mass is 228 g/mol. The Morgan fingerprint density at radius 1 is 0.941 bits per heavy atom. The van der Waals surface area contributed by atoms with Gasteiger partial charge in [0.15, 0.2) is 0 Å². The molecule has 0 fully saturated rings. The second kappa shape index (κ2) is 5.51. The number of ether oxygens (including phenoxy) is 1. The molecular weight excluding hydrogens is 212 g/mol. The van der Waals surface area contributed by atoms with Crippen molar-refractivity contribution in [2.75, 3.05) is 6.61 Å². The maximum absolute atomic E-state index is 7.57.